The average molecular weight is 394 g/mol. The highest BCUT2D eigenvalue weighted by Crippen LogP contribution is 2.16. The molecule has 3 aromatic rings. The quantitative estimate of drug-likeness (QED) is 0.546. The van der Waals surface area contributed by atoms with Gasteiger partial charge in [-0.3, -0.25) is 9.59 Å². The molecule has 0 aliphatic rings. The van der Waals surface area contributed by atoms with Crippen LogP contribution in [-0.2, 0) is 22.6 Å². The van der Waals surface area contributed by atoms with E-state index in [-0.39, 0.29) is 24.9 Å². The summed E-state index contributed by atoms with van der Waals surface area (Å²) in [6, 6.07) is 15.1. The van der Waals surface area contributed by atoms with Crippen LogP contribution in [0.1, 0.15) is 28.2 Å². The van der Waals surface area contributed by atoms with E-state index in [1.165, 1.54) is 0 Å². The number of carbonyl (C=O) groups excluding carboxylic acids is 2. The Hall–Kier alpha value is -3.19. The lowest BCUT2D eigenvalue weighted by atomic mass is 10.1. The Morgan fingerprint density at radius 3 is 2.62 bits per heavy atom. The lowest BCUT2D eigenvalue weighted by molar-refractivity contribution is -0.121. The number of para-hydroxylation sites is 2. The molecule has 7 heteroatoms. The molecule has 2 aromatic carbocycles. The number of aromatic nitrogens is 2. The molecule has 0 atom stereocenters. The maximum absolute atomic E-state index is 12.6. The molecule has 3 rings (SSSR count). The molecule has 0 unspecified atom stereocenters. The molecule has 152 valence electrons. The summed E-state index contributed by atoms with van der Waals surface area (Å²) in [6.07, 6.45) is 0.756. The second-order valence-corrected chi connectivity index (χ2v) is 6.80. The van der Waals surface area contributed by atoms with E-state index in [1.807, 2.05) is 54.0 Å². The molecule has 1 aromatic heterocycles. The van der Waals surface area contributed by atoms with E-state index in [9.17, 15) is 9.59 Å². The number of rotatable bonds is 9. The van der Waals surface area contributed by atoms with Gasteiger partial charge in [-0.1, -0.05) is 30.3 Å². The normalized spacial score (nSPS) is 10.8. The number of fused-ring (bicyclic) bond motifs is 1. The third-order valence-electron chi connectivity index (χ3n) is 4.68. The summed E-state index contributed by atoms with van der Waals surface area (Å²) in [5, 5.41) is 5.81. The standard InChI is InChI=1S/C22H26N4O3/c1-16-8-3-4-9-17(16)22(28)24-14-20-25-18-10-5-6-11-19(18)26(20)15-21(27)23-12-7-13-29-2/h3-6,8-11H,7,12-15H2,1-2H3,(H,23,27)(H,24,28). The molecule has 0 aliphatic carbocycles. The molecule has 7 nitrogen and oxygen atoms in total. The molecular formula is C22H26N4O3. The average Bonchev–Trinajstić information content (AvgIpc) is 3.07. The number of amides is 2. The van der Waals surface area contributed by atoms with Gasteiger partial charge in [-0.05, 0) is 37.1 Å². The summed E-state index contributed by atoms with van der Waals surface area (Å²) >= 11 is 0. The molecule has 2 amide bonds. The first-order valence-electron chi connectivity index (χ1n) is 9.63. The summed E-state index contributed by atoms with van der Waals surface area (Å²) in [6.45, 7) is 3.43. The van der Waals surface area contributed by atoms with Crippen molar-refractivity contribution in [3.63, 3.8) is 0 Å². The highest BCUT2D eigenvalue weighted by Gasteiger charge is 2.15. The highest BCUT2D eigenvalue weighted by atomic mass is 16.5. The van der Waals surface area contributed by atoms with Gasteiger partial charge in [0.25, 0.3) is 5.91 Å². The van der Waals surface area contributed by atoms with E-state index in [0.29, 0.717) is 24.5 Å². The predicted octanol–water partition coefficient (Wildman–Crippen LogP) is 2.43. The number of hydrogen-bond acceptors (Lipinski definition) is 4. The molecule has 0 fully saturated rings. The molecule has 0 saturated carbocycles. The van der Waals surface area contributed by atoms with Gasteiger partial charge in [0.15, 0.2) is 0 Å². The van der Waals surface area contributed by atoms with Crippen LogP contribution in [0.15, 0.2) is 48.5 Å². The molecule has 0 spiro atoms. The summed E-state index contributed by atoms with van der Waals surface area (Å²) in [5.74, 6) is 0.377. The molecule has 2 N–H and O–H groups in total. The fraction of sp³-hybridized carbons (Fsp3) is 0.318. The van der Waals surface area contributed by atoms with E-state index >= 15 is 0 Å². The van der Waals surface area contributed by atoms with Crippen LogP contribution < -0.4 is 10.6 Å². The van der Waals surface area contributed by atoms with Crippen molar-refractivity contribution in [1.29, 1.82) is 0 Å². The zero-order valence-electron chi connectivity index (χ0n) is 16.8. The van der Waals surface area contributed by atoms with Gasteiger partial charge in [-0.25, -0.2) is 4.98 Å². The second kappa shape index (κ2) is 9.84. The van der Waals surface area contributed by atoms with Crippen LogP contribution in [-0.4, -0.2) is 41.6 Å². The van der Waals surface area contributed by atoms with Crippen molar-refractivity contribution in [3.05, 3.63) is 65.5 Å². The van der Waals surface area contributed by atoms with Crippen LogP contribution in [0.2, 0.25) is 0 Å². The Kier molecular flexibility index (Phi) is 6.97. The summed E-state index contributed by atoms with van der Waals surface area (Å²) < 4.78 is 6.85. The third kappa shape index (κ3) is 5.20. The summed E-state index contributed by atoms with van der Waals surface area (Å²) in [4.78, 5) is 29.5. The zero-order chi connectivity index (χ0) is 20.6. The number of nitrogens with zero attached hydrogens (tertiary/aromatic N) is 2. The van der Waals surface area contributed by atoms with Gasteiger partial charge in [0.05, 0.1) is 17.6 Å². The number of hydrogen-bond donors (Lipinski definition) is 2. The molecule has 0 aliphatic heterocycles. The first-order chi connectivity index (χ1) is 14.1. The van der Waals surface area contributed by atoms with Crippen molar-refractivity contribution in [3.8, 4) is 0 Å². The summed E-state index contributed by atoms with van der Waals surface area (Å²) in [5.41, 5.74) is 3.19. The van der Waals surface area contributed by atoms with Crippen molar-refractivity contribution in [2.24, 2.45) is 0 Å². The molecule has 0 bridgehead atoms. The van der Waals surface area contributed by atoms with Crippen LogP contribution in [0.3, 0.4) is 0 Å². The first kappa shape index (κ1) is 20.5. The second-order valence-electron chi connectivity index (χ2n) is 6.80. The van der Waals surface area contributed by atoms with Gasteiger partial charge in [0.2, 0.25) is 5.91 Å². The lowest BCUT2D eigenvalue weighted by Crippen LogP contribution is -2.31. The zero-order valence-corrected chi connectivity index (χ0v) is 16.8. The van der Waals surface area contributed by atoms with Crippen molar-refractivity contribution < 1.29 is 14.3 Å². The Balaban J connectivity index is 1.73. The SMILES string of the molecule is COCCCNC(=O)Cn1c(CNC(=O)c2ccccc2C)nc2ccccc21. The van der Waals surface area contributed by atoms with Crippen LogP contribution in [0.5, 0.6) is 0 Å². The Labute approximate surface area is 170 Å². The van der Waals surface area contributed by atoms with E-state index in [4.69, 9.17) is 4.74 Å². The minimum Gasteiger partial charge on any atom is -0.385 e. The number of imidazole rings is 1. The van der Waals surface area contributed by atoms with E-state index in [0.717, 1.165) is 23.0 Å². The Morgan fingerprint density at radius 1 is 1.07 bits per heavy atom. The Morgan fingerprint density at radius 2 is 1.83 bits per heavy atom. The largest absolute Gasteiger partial charge is 0.385 e. The molecular weight excluding hydrogens is 368 g/mol. The molecule has 0 saturated heterocycles. The Bertz CT molecular complexity index is 997. The number of methoxy groups -OCH3 is 1. The minimum absolute atomic E-state index is 0.101. The predicted molar refractivity (Wildman–Crippen MR) is 112 cm³/mol. The highest BCUT2D eigenvalue weighted by molar-refractivity contribution is 5.95. The van der Waals surface area contributed by atoms with E-state index < -0.39 is 0 Å². The van der Waals surface area contributed by atoms with Crippen molar-refractivity contribution >= 4 is 22.8 Å². The maximum atomic E-state index is 12.6. The van der Waals surface area contributed by atoms with Crippen molar-refractivity contribution in [1.82, 2.24) is 20.2 Å². The van der Waals surface area contributed by atoms with Gasteiger partial charge in [0, 0.05) is 25.8 Å². The topological polar surface area (TPSA) is 85.2 Å². The monoisotopic (exact) mass is 394 g/mol. The van der Waals surface area contributed by atoms with Gasteiger partial charge in [0.1, 0.15) is 12.4 Å². The number of nitrogens with one attached hydrogen (secondary N) is 2. The van der Waals surface area contributed by atoms with Gasteiger partial charge in [-0.2, -0.15) is 0 Å². The minimum atomic E-state index is -0.161. The van der Waals surface area contributed by atoms with Crippen LogP contribution in [0.25, 0.3) is 11.0 Å². The molecule has 29 heavy (non-hydrogen) atoms. The van der Waals surface area contributed by atoms with Gasteiger partial charge >= 0.3 is 0 Å². The van der Waals surface area contributed by atoms with Crippen LogP contribution >= 0.6 is 0 Å². The lowest BCUT2D eigenvalue weighted by Gasteiger charge is -2.11. The third-order valence-corrected chi connectivity index (χ3v) is 4.68. The molecule has 0 radical (unpaired) electrons. The van der Waals surface area contributed by atoms with Crippen LogP contribution in [0.4, 0.5) is 0 Å². The maximum Gasteiger partial charge on any atom is 0.251 e. The number of aryl methyl sites for hydroxylation is 1. The van der Waals surface area contributed by atoms with Crippen LogP contribution in [0, 0.1) is 6.92 Å². The van der Waals surface area contributed by atoms with E-state index in [1.54, 1.807) is 13.2 Å². The van der Waals surface area contributed by atoms with Crippen molar-refractivity contribution in [2.45, 2.75) is 26.4 Å². The van der Waals surface area contributed by atoms with Gasteiger partial charge in [-0.15, -0.1) is 0 Å². The van der Waals surface area contributed by atoms with Crippen molar-refractivity contribution in [2.75, 3.05) is 20.3 Å². The van der Waals surface area contributed by atoms with Gasteiger partial charge < -0.3 is 19.9 Å². The smallest absolute Gasteiger partial charge is 0.251 e. The summed E-state index contributed by atoms with van der Waals surface area (Å²) in [7, 11) is 1.64. The fourth-order valence-corrected chi connectivity index (χ4v) is 3.16. The first-order valence-corrected chi connectivity index (χ1v) is 9.63. The number of benzene rings is 2. The number of carbonyl (C=O) groups is 2. The molecule has 1 heterocycles. The fourth-order valence-electron chi connectivity index (χ4n) is 3.16. The van der Waals surface area contributed by atoms with E-state index in [2.05, 4.69) is 15.6 Å². The number of ether oxygens (including phenoxy) is 1.